The molecule has 1 unspecified atom stereocenters. The normalized spacial score (nSPS) is 17.1. The smallest absolute Gasteiger partial charge is 0.290 e. The van der Waals surface area contributed by atoms with Gasteiger partial charge in [0.25, 0.3) is 5.91 Å². The Morgan fingerprint density at radius 2 is 1.93 bits per heavy atom. The SMILES string of the molecule is CCCCCCN1C(=O)C(O)=C(C(=O)CC(C)C)C1c1ccccc1OC. The zero-order valence-corrected chi connectivity index (χ0v) is 16.8. The van der Waals surface area contributed by atoms with E-state index in [1.807, 2.05) is 38.1 Å². The number of para-hydroxylation sites is 1. The zero-order valence-electron chi connectivity index (χ0n) is 16.8. The van der Waals surface area contributed by atoms with E-state index < -0.39 is 17.7 Å². The number of benzene rings is 1. The Labute approximate surface area is 162 Å². The predicted octanol–water partition coefficient (Wildman–Crippen LogP) is 4.59. The summed E-state index contributed by atoms with van der Waals surface area (Å²) in [7, 11) is 1.57. The number of carbonyl (C=O) groups is 2. The molecular formula is C22H31NO4. The number of aliphatic hydroxyl groups is 1. The first-order valence-corrected chi connectivity index (χ1v) is 9.82. The standard InChI is InChI=1S/C22H31NO4/c1-5-6-7-10-13-23-20(16-11-8-9-12-18(16)27-4)19(21(25)22(23)26)17(24)14-15(2)3/h8-9,11-12,15,20,25H,5-7,10,13-14H2,1-4H3. The van der Waals surface area contributed by atoms with Crippen molar-refractivity contribution in [3.8, 4) is 5.75 Å². The molecule has 1 atom stereocenters. The van der Waals surface area contributed by atoms with Gasteiger partial charge < -0.3 is 14.7 Å². The summed E-state index contributed by atoms with van der Waals surface area (Å²) in [5, 5.41) is 10.5. The van der Waals surface area contributed by atoms with Gasteiger partial charge in [0.15, 0.2) is 11.5 Å². The summed E-state index contributed by atoms with van der Waals surface area (Å²) in [6.07, 6.45) is 4.34. The first-order valence-electron chi connectivity index (χ1n) is 9.82. The van der Waals surface area contributed by atoms with Crippen LogP contribution in [0.2, 0.25) is 0 Å². The molecule has 0 saturated carbocycles. The summed E-state index contributed by atoms with van der Waals surface area (Å²) >= 11 is 0. The fourth-order valence-corrected chi connectivity index (χ4v) is 3.57. The van der Waals surface area contributed by atoms with Crippen LogP contribution in [0.15, 0.2) is 35.6 Å². The molecule has 1 amide bonds. The Morgan fingerprint density at radius 1 is 1.22 bits per heavy atom. The third-order valence-electron chi connectivity index (χ3n) is 4.88. The van der Waals surface area contributed by atoms with Gasteiger partial charge in [-0.05, 0) is 18.4 Å². The van der Waals surface area contributed by atoms with Crippen LogP contribution in [0.5, 0.6) is 5.75 Å². The third-order valence-corrected chi connectivity index (χ3v) is 4.88. The highest BCUT2D eigenvalue weighted by Crippen LogP contribution is 2.42. The lowest BCUT2D eigenvalue weighted by Crippen LogP contribution is -2.32. The Bertz CT molecular complexity index is 708. The van der Waals surface area contributed by atoms with Crippen molar-refractivity contribution in [1.82, 2.24) is 4.90 Å². The van der Waals surface area contributed by atoms with Crippen LogP contribution in [-0.4, -0.2) is 35.4 Å². The monoisotopic (exact) mass is 373 g/mol. The molecule has 148 valence electrons. The number of hydrogen-bond acceptors (Lipinski definition) is 4. The highest BCUT2D eigenvalue weighted by Gasteiger charge is 2.44. The molecule has 1 aliphatic heterocycles. The van der Waals surface area contributed by atoms with Gasteiger partial charge in [0.1, 0.15) is 5.75 Å². The lowest BCUT2D eigenvalue weighted by atomic mass is 9.91. The van der Waals surface area contributed by atoms with E-state index in [1.54, 1.807) is 12.0 Å². The molecule has 0 fully saturated rings. The summed E-state index contributed by atoms with van der Waals surface area (Å²) in [6, 6.07) is 6.79. The number of unbranched alkanes of at least 4 members (excludes halogenated alkanes) is 3. The summed E-state index contributed by atoms with van der Waals surface area (Å²) in [4.78, 5) is 27.3. The second-order valence-corrected chi connectivity index (χ2v) is 7.49. The number of rotatable bonds is 10. The number of ether oxygens (including phenoxy) is 1. The summed E-state index contributed by atoms with van der Waals surface area (Å²) in [5.41, 5.74) is 0.939. The Morgan fingerprint density at radius 3 is 2.56 bits per heavy atom. The maximum Gasteiger partial charge on any atom is 0.290 e. The Balaban J connectivity index is 2.43. The summed E-state index contributed by atoms with van der Waals surface area (Å²) in [5.74, 6) is -0.299. The predicted molar refractivity (Wildman–Crippen MR) is 106 cm³/mol. The van der Waals surface area contributed by atoms with Crippen LogP contribution in [0.3, 0.4) is 0 Å². The van der Waals surface area contributed by atoms with E-state index in [0.717, 1.165) is 31.2 Å². The molecule has 0 saturated heterocycles. The van der Waals surface area contributed by atoms with Gasteiger partial charge in [-0.25, -0.2) is 0 Å². The second kappa shape index (κ2) is 9.58. The van der Waals surface area contributed by atoms with Crippen molar-refractivity contribution in [2.45, 2.75) is 58.9 Å². The largest absolute Gasteiger partial charge is 0.503 e. The minimum atomic E-state index is -0.596. The number of aliphatic hydroxyl groups excluding tert-OH is 1. The molecule has 0 bridgehead atoms. The quantitative estimate of drug-likeness (QED) is 0.609. The molecule has 2 rings (SSSR count). The fourth-order valence-electron chi connectivity index (χ4n) is 3.57. The van der Waals surface area contributed by atoms with E-state index in [0.29, 0.717) is 18.7 Å². The van der Waals surface area contributed by atoms with Crippen molar-refractivity contribution < 1.29 is 19.4 Å². The third kappa shape index (κ3) is 4.71. The van der Waals surface area contributed by atoms with Crippen LogP contribution >= 0.6 is 0 Å². The van der Waals surface area contributed by atoms with Crippen LogP contribution in [0.1, 0.15) is 64.5 Å². The van der Waals surface area contributed by atoms with E-state index in [-0.39, 0.29) is 17.3 Å². The average molecular weight is 373 g/mol. The van der Waals surface area contributed by atoms with E-state index in [2.05, 4.69) is 6.92 Å². The second-order valence-electron chi connectivity index (χ2n) is 7.49. The molecule has 0 radical (unpaired) electrons. The van der Waals surface area contributed by atoms with E-state index >= 15 is 0 Å². The highest BCUT2D eigenvalue weighted by molar-refractivity contribution is 6.09. The van der Waals surface area contributed by atoms with Crippen LogP contribution in [0.4, 0.5) is 0 Å². The molecule has 5 nitrogen and oxygen atoms in total. The first kappa shape index (κ1) is 21.0. The zero-order chi connectivity index (χ0) is 20.0. The van der Waals surface area contributed by atoms with Crippen LogP contribution in [0, 0.1) is 5.92 Å². The van der Waals surface area contributed by atoms with Gasteiger partial charge in [-0.1, -0.05) is 58.2 Å². The average Bonchev–Trinajstić information content (AvgIpc) is 2.89. The lowest BCUT2D eigenvalue weighted by Gasteiger charge is -2.28. The van der Waals surface area contributed by atoms with Crippen LogP contribution in [0.25, 0.3) is 0 Å². The van der Waals surface area contributed by atoms with Gasteiger partial charge in [0.05, 0.1) is 18.7 Å². The van der Waals surface area contributed by atoms with Crippen molar-refractivity contribution in [1.29, 1.82) is 0 Å². The molecule has 1 aromatic rings. The number of ketones is 1. The van der Waals surface area contributed by atoms with Gasteiger partial charge in [-0.3, -0.25) is 9.59 Å². The topological polar surface area (TPSA) is 66.8 Å². The molecule has 1 aromatic carbocycles. The number of hydrogen-bond donors (Lipinski definition) is 1. The number of methoxy groups -OCH3 is 1. The van der Waals surface area contributed by atoms with Crippen molar-refractivity contribution in [3.63, 3.8) is 0 Å². The van der Waals surface area contributed by atoms with Gasteiger partial charge in [0, 0.05) is 18.5 Å². The van der Waals surface area contributed by atoms with Crippen LogP contribution < -0.4 is 4.74 Å². The minimum absolute atomic E-state index is 0.143. The molecule has 5 heteroatoms. The maximum atomic E-state index is 12.9. The molecule has 1 heterocycles. The molecule has 0 aliphatic carbocycles. The number of amides is 1. The molecule has 0 aromatic heterocycles. The van der Waals surface area contributed by atoms with Crippen molar-refractivity contribution >= 4 is 11.7 Å². The summed E-state index contributed by atoms with van der Waals surface area (Å²) in [6.45, 7) is 6.54. The fraction of sp³-hybridized carbons (Fsp3) is 0.545. The van der Waals surface area contributed by atoms with Crippen molar-refractivity contribution in [2.75, 3.05) is 13.7 Å². The van der Waals surface area contributed by atoms with Crippen LogP contribution in [-0.2, 0) is 9.59 Å². The van der Waals surface area contributed by atoms with Gasteiger partial charge >= 0.3 is 0 Å². The summed E-state index contributed by atoms with van der Waals surface area (Å²) < 4.78 is 5.48. The maximum absolute atomic E-state index is 12.9. The Hall–Kier alpha value is -2.30. The number of carbonyl (C=O) groups excluding carboxylic acids is 2. The lowest BCUT2D eigenvalue weighted by molar-refractivity contribution is -0.129. The first-order chi connectivity index (χ1) is 12.9. The minimum Gasteiger partial charge on any atom is -0.503 e. The van der Waals surface area contributed by atoms with Gasteiger partial charge in [-0.2, -0.15) is 0 Å². The highest BCUT2D eigenvalue weighted by atomic mass is 16.5. The molecule has 27 heavy (non-hydrogen) atoms. The number of Topliss-reactive ketones (excluding diaryl/α,β-unsaturated/α-hetero) is 1. The molecule has 1 N–H and O–H groups in total. The van der Waals surface area contributed by atoms with E-state index in [1.165, 1.54) is 0 Å². The van der Waals surface area contributed by atoms with Gasteiger partial charge in [-0.15, -0.1) is 0 Å². The molecular weight excluding hydrogens is 342 g/mol. The molecule has 1 aliphatic rings. The van der Waals surface area contributed by atoms with E-state index in [4.69, 9.17) is 4.74 Å². The van der Waals surface area contributed by atoms with Gasteiger partial charge in [0.2, 0.25) is 0 Å². The van der Waals surface area contributed by atoms with E-state index in [9.17, 15) is 14.7 Å². The molecule has 0 spiro atoms. The Kier molecular flexibility index (Phi) is 7.45. The van der Waals surface area contributed by atoms with Crippen molar-refractivity contribution in [3.05, 3.63) is 41.2 Å². The van der Waals surface area contributed by atoms with Crippen molar-refractivity contribution in [2.24, 2.45) is 5.92 Å². The number of nitrogens with zero attached hydrogens (tertiary/aromatic N) is 1.